The van der Waals surface area contributed by atoms with Crippen LogP contribution >= 0.6 is 0 Å². The third-order valence-electron chi connectivity index (χ3n) is 5.09. The van der Waals surface area contributed by atoms with Crippen molar-refractivity contribution in [1.82, 2.24) is 4.31 Å². The molecule has 2 fully saturated rings. The van der Waals surface area contributed by atoms with Crippen LogP contribution in [0.2, 0.25) is 0 Å². The van der Waals surface area contributed by atoms with Crippen molar-refractivity contribution in [2.75, 3.05) is 19.6 Å². The van der Waals surface area contributed by atoms with Crippen molar-refractivity contribution in [3.8, 4) is 0 Å². The molecule has 0 amide bonds. The van der Waals surface area contributed by atoms with Gasteiger partial charge in [-0.2, -0.15) is 4.31 Å². The Morgan fingerprint density at radius 1 is 1.36 bits per heavy atom. The first kappa shape index (κ1) is 15.4. The van der Waals surface area contributed by atoms with E-state index in [0.717, 1.165) is 19.3 Å². The fourth-order valence-electron chi connectivity index (χ4n) is 3.65. The van der Waals surface area contributed by atoms with Gasteiger partial charge in [-0.3, -0.25) is 10.1 Å². The van der Waals surface area contributed by atoms with Crippen LogP contribution in [-0.4, -0.2) is 37.3 Å². The summed E-state index contributed by atoms with van der Waals surface area (Å²) in [5, 5.41) is 11.1. The Kier molecular flexibility index (Phi) is 3.70. The van der Waals surface area contributed by atoms with E-state index in [4.69, 9.17) is 5.73 Å². The van der Waals surface area contributed by atoms with Gasteiger partial charge >= 0.3 is 0 Å². The molecule has 8 heteroatoms. The maximum absolute atomic E-state index is 12.8. The monoisotopic (exact) mass is 325 g/mol. The molecule has 3 rings (SSSR count). The molecule has 1 aromatic rings. The van der Waals surface area contributed by atoms with Crippen LogP contribution < -0.4 is 5.73 Å². The van der Waals surface area contributed by atoms with Crippen molar-refractivity contribution < 1.29 is 13.3 Å². The van der Waals surface area contributed by atoms with Crippen molar-refractivity contribution in [2.24, 2.45) is 17.1 Å². The molecular formula is C14H19N3O4S. The second-order valence-electron chi connectivity index (χ2n) is 6.17. The molecular weight excluding hydrogens is 306 g/mol. The van der Waals surface area contributed by atoms with E-state index in [1.54, 1.807) is 0 Å². The van der Waals surface area contributed by atoms with Gasteiger partial charge in [-0.25, -0.2) is 8.42 Å². The molecule has 1 spiro atoms. The highest BCUT2D eigenvalue weighted by atomic mass is 32.2. The molecule has 22 heavy (non-hydrogen) atoms. The number of nitro groups is 1. The molecule has 1 aromatic carbocycles. The molecule has 1 aliphatic carbocycles. The zero-order chi connectivity index (χ0) is 16.0. The van der Waals surface area contributed by atoms with E-state index in [1.165, 1.54) is 28.6 Å². The fourth-order valence-corrected chi connectivity index (χ4v) is 5.39. The topological polar surface area (TPSA) is 107 Å². The standard InChI is InChI=1S/C14H19N3O4S/c15-8-11-9-16(10-14(11)6-3-7-14)22(20,21)13-5-2-1-4-12(13)17(18)19/h1-2,4-5,11H,3,6-10,15H2. The lowest BCUT2D eigenvalue weighted by Gasteiger charge is -2.42. The summed E-state index contributed by atoms with van der Waals surface area (Å²) < 4.78 is 27.0. The number of hydrogen-bond acceptors (Lipinski definition) is 5. The Labute approximate surface area is 129 Å². The smallest absolute Gasteiger partial charge is 0.289 e. The van der Waals surface area contributed by atoms with Crippen molar-refractivity contribution in [3.63, 3.8) is 0 Å². The van der Waals surface area contributed by atoms with Gasteiger partial charge in [0, 0.05) is 19.2 Å². The number of sulfonamides is 1. The lowest BCUT2D eigenvalue weighted by Crippen LogP contribution is -2.40. The van der Waals surface area contributed by atoms with Crippen molar-refractivity contribution in [1.29, 1.82) is 0 Å². The highest BCUT2D eigenvalue weighted by Gasteiger charge is 2.53. The van der Waals surface area contributed by atoms with Gasteiger partial charge in [-0.05, 0) is 36.8 Å². The Morgan fingerprint density at radius 3 is 2.55 bits per heavy atom. The molecule has 2 aliphatic rings. The van der Waals surface area contributed by atoms with Gasteiger partial charge in [-0.1, -0.05) is 18.6 Å². The van der Waals surface area contributed by atoms with E-state index in [2.05, 4.69) is 0 Å². The lowest BCUT2D eigenvalue weighted by atomic mass is 9.63. The van der Waals surface area contributed by atoms with Gasteiger partial charge in [0.2, 0.25) is 10.0 Å². The largest absolute Gasteiger partial charge is 0.330 e. The Bertz CT molecular complexity index is 700. The maximum Gasteiger partial charge on any atom is 0.289 e. The number of para-hydroxylation sites is 1. The SMILES string of the molecule is NCC1CN(S(=O)(=O)c2ccccc2[N+](=O)[O-])CC12CCC2. The summed E-state index contributed by atoms with van der Waals surface area (Å²) in [4.78, 5) is 10.2. The third kappa shape index (κ3) is 2.22. The first-order valence-electron chi connectivity index (χ1n) is 7.34. The summed E-state index contributed by atoms with van der Waals surface area (Å²) in [6.07, 6.45) is 3.06. The summed E-state index contributed by atoms with van der Waals surface area (Å²) in [5.41, 5.74) is 5.42. The average molecular weight is 325 g/mol. The fraction of sp³-hybridized carbons (Fsp3) is 0.571. The number of nitrogens with zero attached hydrogens (tertiary/aromatic N) is 2. The predicted molar refractivity (Wildman–Crippen MR) is 80.7 cm³/mol. The van der Waals surface area contributed by atoms with Gasteiger partial charge < -0.3 is 5.73 Å². The normalized spacial score (nSPS) is 24.3. The van der Waals surface area contributed by atoms with E-state index < -0.39 is 14.9 Å². The van der Waals surface area contributed by atoms with Crippen LogP contribution in [-0.2, 0) is 10.0 Å². The molecule has 1 saturated carbocycles. The number of nitro benzene ring substituents is 1. The summed E-state index contributed by atoms with van der Waals surface area (Å²) in [7, 11) is -3.87. The highest BCUT2D eigenvalue weighted by molar-refractivity contribution is 7.89. The van der Waals surface area contributed by atoms with Crippen LogP contribution in [0, 0.1) is 21.4 Å². The Morgan fingerprint density at radius 2 is 2.05 bits per heavy atom. The maximum atomic E-state index is 12.8. The van der Waals surface area contributed by atoms with Crippen LogP contribution in [0.1, 0.15) is 19.3 Å². The Balaban J connectivity index is 1.96. The number of benzene rings is 1. The number of rotatable bonds is 4. The summed E-state index contributed by atoms with van der Waals surface area (Å²) in [6, 6.07) is 5.51. The minimum absolute atomic E-state index is 0.0224. The molecule has 1 unspecified atom stereocenters. The van der Waals surface area contributed by atoms with Crippen molar-refractivity contribution in [2.45, 2.75) is 24.2 Å². The second-order valence-corrected chi connectivity index (χ2v) is 8.08. The molecule has 0 aromatic heterocycles. The number of hydrogen-bond donors (Lipinski definition) is 1. The van der Waals surface area contributed by atoms with Crippen LogP contribution in [0.5, 0.6) is 0 Å². The minimum atomic E-state index is -3.87. The first-order chi connectivity index (χ1) is 10.4. The van der Waals surface area contributed by atoms with Crippen LogP contribution in [0.4, 0.5) is 5.69 Å². The zero-order valence-corrected chi connectivity index (χ0v) is 13.0. The van der Waals surface area contributed by atoms with Crippen LogP contribution in [0.15, 0.2) is 29.2 Å². The van der Waals surface area contributed by atoms with Gasteiger partial charge in [-0.15, -0.1) is 0 Å². The quantitative estimate of drug-likeness (QED) is 0.664. The zero-order valence-electron chi connectivity index (χ0n) is 12.1. The van der Waals surface area contributed by atoms with Crippen molar-refractivity contribution >= 4 is 15.7 Å². The van der Waals surface area contributed by atoms with Gasteiger partial charge in [0.15, 0.2) is 4.90 Å². The molecule has 1 atom stereocenters. The molecule has 0 radical (unpaired) electrons. The van der Waals surface area contributed by atoms with Crippen LogP contribution in [0.25, 0.3) is 0 Å². The second kappa shape index (κ2) is 5.29. The van der Waals surface area contributed by atoms with Crippen LogP contribution in [0.3, 0.4) is 0 Å². The summed E-state index contributed by atoms with van der Waals surface area (Å²) in [6.45, 7) is 1.22. The van der Waals surface area contributed by atoms with E-state index in [-0.39, 0.29) is 21.9 Å². The summed E-state index contributed by atoms with van der Waals surface area (Å²) >= 11 is 0. The average Bonchev–Trinajstić information content (AvgIpc) is 2.87. The molecule has 1 saturated heterocycles. The van der Waals surface area contributed by atoms with Gasteiger partial charge in [0.05, 0.1) is 4.92 Å². The molecule has 0 bridgehead atoms. The van der Waals surface area contributed by atoms with E-state index in [1.807, 2.05) is 0 Å². The van der Waals surface area contributed by atoms with Gasteiger partial charge in [0.25, 0.3) is 5.69 Å². The molecule has 120 valence electrons. The van der Waals surface area contributed by atoms with E-state index in [9.17, 15) is 18.5 Å². The van der Waals surface area contributed by atoms with E-state index >= 15 is 0 Å². The molecule has 1 aliphatic heterocycles. The number of nitrogens with two attached hydrogens (primary N) is 1. The summed E-state index contributed by atoms with van der Waals surface area (Å²) in [5.74, 6) is 0.138. The molecule has 1 heterocycles. The third-order valence-corrected chi connectivity index (χ3v) is 6.95. The highest BCUT2D eigenvalue weighted by Crippen LogP contribution is 2.52. The van der Waals surface area contributed by atoms with E-state index in [0.29, 0.717) is 19.6 Å². The first-order valence-corrected chi connectivity index (χ1v) is 8.78. The Hall–Kier alpha value is -1.51. The lowest BCUT2D eigenvalue weighted by molar-refractivity contribution is -0.387. The minimum Gasteiger partial charge on any atom is -0.330 e. The molecule has 2 N–H and O–H groups in total. The predicted octanol–water partition coefficient (Wildman–Crippen LogP) is 1.34. The molecule has 7 nitrogen and oxygen atoms in total. The van der Waals surface area contributed by atoms with Gasteiger partial charge in [0.1, 0.15) is 0 Å². The van der Waals surface area contributed by atoms with Crippen molar-refractivity contribution in [3.05, 3.63) is 34.4 Å².